The van der Waals surface area contributed by atoms with E-state index in [1.54, 1.807) is 12.3 Å². The van der Waals surface area contributed by atoms with Crippen LogP contribution in [-0.2, 0) is 0 Å². The molecule has 0 bridgehead atoms. The van der Waals surface area contributed by atoms with E-state index in [2.05, 4.69) is 15.3 Å². The number of H-pyrrole nitrogens is 1. The van der Waals surface area contributed by atoms with Crippen molar-refractivity contribution in [3.8, 4) is 0 Å². The Bertz CT molecular complexity index is 253. The third-order valence-corrected chi connectivity index (χ3v) is 0.989. The van der Waals surface area contributed by atoms with Crippen LogP contribution < -0.4 is 5.32 Å². The Morgan fingerprint density at radius 2 is 2.64 bits per heavy atom. The number of imidazole rings is 1. The van der Waals surface area contributed by atoms with E-state index in [1.165, 1.54) is 12.5 Å². The van der Waals surface area contributed by atoms with Crippen LogP contribution in [0.1, 0.15) is 5.69 Å². The van der Waals surface area contributed by atoms with Crippen LogP contribution in [0, 0.1) is 0 Å². The molecular weight excluding hydrogens is 146 g/mol. The van der Waals surface area contributed by atoms with Gasteiger partial charge in [0.2, 0.25) is 0 Å². The highest BCUT2D eigenvalue weighted by molar-refractivity contribution is 5.67. The molecule has 1 heterocycles. The van der Waals surface area contributed by atoms with Gasteiger partial charge in [-0.3, -0.25) is 5.32 Å². The number of rotatable bonds is 2. The summed E-state index contributed by atoms with van der Waals surface area (Å²) < 4.78 is 0. The van der Waals surface area contributed by atoms with Gasteiger partial charge in [-0.25, -0.2) is 9.78 Å². The Kier molecular flexibility index (Phi) is 2.27. The maximum Gasteiger partial charge on any atom is 0.408 e. The van der Waals surface area contributed by atoms with E-state index in [9.17, 15) is 4.79 Å². The Morgan fingerprint density at radius 1 is 1.82 bits per heavy atom. The summed E-state index contributed by atoms with van der Waals surface area (Å²) in [4.78, 5) is 16.5. The lowest BCUT2D eigenvalue weighted by molar-refractivity contribution is 0.198. The van der Waals surface area contributed by atoms with Gasteiger partial charge in [-0.05, 0) is 6.08 Å². The largest absolute Gasteiger partial charge is 0.465 e. The molecule has 5 nitrogen and oxygen atoms in total. The van der Waals surface area contributed by atoms with Gasteiger partial charge in [0.1, 0.15) is 0 Å². The van der Waals surface area contributed by atoms with E-state index in [1.807, 2.05) is 0 Å². The first-order chi connectivity index (χ1) is 5.29. The van der Waals surface area contributed by atoms with Crippen LogP contribution in [0.5, 0.6) is 0 Å². The monoisotopic (exact) mass is 153 g/mol. The second-order valence-electron chi connectivity index (χ2n) is 1.79. The molecule has 58 valence electrons. The molecule has 11 heavy (non-hydrogen) atoms. The molecule has 0 fully saturated rings. The second kappa shape index (κ2) is 3.40. The normalized spacial score (nSPS) is 10.2. The highest BCUT2D eigenvalue weighted by atomic mass is 16.4. The quantitative estimate of drug-likeness (QED) is 0.583. The molecule has 0 aliphatic rings. The third-order valence-electron chi connectivity index (χ3n) is 0.989. The van der Waals surface area contributed by atoms with Crippen molar-refractivity contribution >= 4 is 12.2 Å². The molecule has 1 aromatic heterocycles. The van der Waals surface area contributed by atoms with Crippen molar-refractivity contribution in [1.29, 1.82) is 0 Å². The molecule has 0 aliphatic heterocycles. The van der Waals surface area contributed by atoms with E-state index < -0.39 is 6.09 Å². The number of hydrogen-bond acceptors (Lipinski definition) is 2. The summed E-state index contributed by atoms with van der Waals surface area (Å²) in [7, 11) is 0. The number of aromatic nitrogens is 2. The fraction of sp³-hybridized carbons (Fsp3) is 0. The van der Waals surface area contributed by atoms with Gasteiger partial charge in [-0.2, -0.15) is 0 Å². The highest BCUT2D eigenvalue weighted by Gasteiger charge is 1.87. The van der Waals surface area contributed by atoms with Crippen LogP contribution in [0.3, 0.4) is 0 Å². The number of carboxylic acid groups (broad SMARTS) is 1. The van der Waals surface area contributed by atoms with Crippen molar-refractivity contribution < 1.29 is 9.90 Å². The average molecular weight is 153 g/mol. The first-order valence-electron chi connectivity index (χ1n) is 2.93. The van der Waals surface area contributed by atoms with E-state index in [0.29, 0.717) is 0 Å². The Morgan fingerprint density at radius 3 is 3.18 bits per heavy atom. The predicted octanol–water partition coefficient (Wildman–Crippen LogP) is 0.648. The van der Waals surface area contributed by atoms with Crippen LogP contribution in [0.15, 0.2) is 18.7 Å². The van der Waals surface area contributed by atoms with Gasteiger partial charge in [0, 0.05) is 6.20 Å². The first kappa shape index (κ1) is 7.33. The number of amides is 1. The van der Waals surface area contributed by atoms with Crippen molar-refractivity contribution in [3.05, 3.63) is 24.4 Å². The fourth-order valence-electron chi connectivity index (χ4n) is 0.561. The molecule has 5 heteroatoms. The van der Waals surface area contributed by atoms with E-state index >= 15 is 0 Å². The number of nitrogens with one attached hydrogen (secondary N) is 2. The van der Waals surface area contributed by atoms with E-state index in [-0.39, 0.29) is 0 Å². The molecule has 1 aromatic rings. The zero-order valence-corrected chi connectivity index (χ0v) is 5.61. The zero-order chi connectivity index (χ0) is 8.10. The molecule has 0 unspecified atom stereocenters. The Hall–Kier alpha value is -1.78. The third kappa shape index (κ3) is 2.53. The molecule has 0 atom stereocenters. The van der Waals surface area contributed by atoms with Crippen molar-refractivity contribution in [3.63, 3.8) is 0 Å². The van der Waals surface area contributed by atoms with E-state index in [0.717, 1.165) is 5.69 Å². The number of aromatic amines is 1. The van der Waals surface area contributed by atoms with Crippen molar-refractivity contribution in [2.45, 2.75) is 0 Å². The summed E-state index contributed by atoms with van der Waals surface area (Å²) in [5.41, 5.74) is 0.749. The molecule has 3 N–H and O–H groups in total. The average Bonchev–Trinajstić information content (AvgIpc) is 2.39. The van der Waals surface area contributed by atoms with Crippen molar-refractivity contribution in [1.82, 2.24) is 15.3 Å². The lowest BCUT2D eigenvalue weighted by Gasteiger charge is -1.87. The molecule has 0 aliphatic carbocycles. The lowest BCUT2D eigenvalue weighted by atomic mass is 10.5. The standard InChI is InChI=1S/C6H7N3O2/c10-6(11)8-2-1-5-3-7-4-9-5/h1-4,8H,(H,7,9)(H,10,11). The van der Waals surface area contributed by atoms with Crippen LogP contribution in [0.2, 0.25) is 0 Å². The minimum Gasteiger partial charge on any atom is -0.465 e. The van der Waals surface area contributed by atoms with E-state index in [4.69, 9.17) is 5.11 Å². The summed E-state index contributed by atoms with van der Waals surface area (Å²) >= 11 is 0. The highest BCUT2D eigenvalue weighted by Crippen LogP contribution is 1.91. The zero-order valence-electron chi connectivity index (χ0n) is 5.61. The van der Waals surface area contributed by atoms with Crippen LogP contribution in [0.4, 0.5) is 4.79 Å². The molecule has 1 amide bonds. The van der Waals surface area contributed by atoms with Gasteiger partial charge in [0.25, 0.3) is 0 Å². The second-order valence-corrected chi connectivity index (χ2v) is 1.79. The van der Waals surface area contributed by atoms with Gasteiger partial charge < -0.3 is 10.1 Å². The van der Waals surface area contributed by atoms with Crippen LogP contribution in [-0.4, -0.2) is 21.2 Å². The van der Waals surface area contributed by atoms with Crippen LogP contribution in [0.25, 0.3) is 6.08 Å². The minimum absolute atomic E-state index is 0.749. The molecule has 0 saturated carbocycles. The number of carbonyl (C=O) groups is 1. The Balaban J connectivity index is 2.43. The van der Waals surface area contributed by atoms with Crippen molar-refractivity contribution in [2.75, 3.05) is 0 Å². The van der Waals surface area contributed by atoms with Gasteiger partial charge >= 0.3 is 6.09 Å². The molecule has 0 spiro atoms. The molecular formula is C6H7N3O2. The first-order valence-corrected chi connectivity index (χ1v) is 2.93. The number of nitrogens with zero attached hydrogens (tertiary/aromatic N) is 1. The van der Waals surface area contributed by atoms with Gasteiger partial charge in [-0.1, -0.05) is 0 Å². The summed E-state index contributed by atoms with van der Waals surface area (Å²) in [5, 5.41) is 10.2. The number of hydrogen-bond donors (Lipinski definition) is 3. The predicted molar refractivity (Wildman–Crippen MR) is 38.8 cm³/mol. The molecule has 0 radical (unpaired) electrons. The van der Waals surface area contributed by atoms with Gasteiger partial charge in [-0.15, -0.1) is 0 Å². The van der Waals surface area contributed by atoms with Crippen molar-refractivity contribution in [2.24, 2.45) is 0 Å². The summed E-state index contributed by atoms with van der Waals surface area (Å²) in [6.07, 6.45) is 4.90. The molecule has 0 aromatic carbocycles. The SMILES string of the molecule is O=C(O)NC=Cc1cnc[nH]1. The molecule has 0 saturated heterocycles. The molecule has 1 rings (SSSR count). The van der Waals surface area contributed by atoms with Gasteiger partial charge in [0.05, 0.1) is 18.2 Å². The van der Waals surface area contributed by atoms with Crippen LogP contribution >= 0.6 is 0 Å². The Labute approximate surface area is 62.8 Å². The summed E-state index contributed by atoms with van der Waals surface area (Å²) in [5.74, 6) is 0. The smallest absolute Gasteiger partial charge is 0.408 e. The topological polar surface area (TPSA) is 78.0 Å². The minimum atomic E-state index is -1.08. The summed E-state index contributed by atoms with van der Waals surface area (Å²) in [6.45, 7) is 0. The maximum atomic E-state index is 9.94. The van der Waals surface area contributed by atoms with Gasteiger partial charge in [0.15, 0.2) is 0 Å². The maximum absolute atomic E-state index is 9.94. The fourth-order valence-corrected chi connectivity index (χ4v) is 0.561. The lowest BCUT2D eigenvalue weighted by Crippen LogP contribution is -2.12. The summed E-state index contributed by atoms with van der Waals surface area (Å²) in [6, 6.07) is 0.